The fourth-order valence-electron chi connectivity index (χ4n) is 1.57. The molecule has 8 nitrogen and oxygen atoms in total. The Hall–Kier alpha value is -0.190. The Morgan fingerprint density at radius 1 is 1.08 bits per heavy atom. The van der Waals surface area contributed by atoms with Crippen LogP contribution in [0.25, 0.3) is 0 Å². The molecule has 0 heterocycles. The largest absolute Gasteiger partial charge is 1.00 e. The Kier molecular flexibility index (Phi) is 21.0. The summed E-state index contributed by atoms with van der Waals surface area (Å²) in [7, 11) is -4.84. The van der Waals surface area contributed by atoms with Gasteiger partial charge in [0.2, 0.25) is 0 Å². The number of unbranched alkanes of at least 4 members (excludes halogenated alkanes) is 5. The van der Waals surface area contributed by atoms with Gasteiger partial charge in [0.15, 0.2) is 5.25 Å². The normalized spacial score (nSPS) is 11.6. The summed E-state index contributed by atoms with van der Waals surface area (Å²) in [5, 5.41) is 13.9. The van der Waals surface area contributed by atoms with Crippen molar-refractivity contribution in [2.24, 2.45) is 0 Å². The fraction of sp³-hybridized carbons (Fsp3) is 0.786. The predicted molar refractivity (Wildman–Crippen MR) is 84.8 cm³/mol. The predicted octanol–water partition coefficient (Wildman–Crippen LogP) is -0.996. The van der Waals surface area contributed by atoms with Crippen molar-refractivity contribution in [1.29, 1.82) is 0 Å². The third-order valence-electron chi connectivity index (χ3n) is 2.78. The Labute approximate surface area is 166 Å². The van der Waals surface area contributed by atoms with Crippen molar-refractivity contribution < 1.29 is 67.1 Å². The molecule has 0 aromatic rings. The number of rotatable bonds is 12. The molecule has 0 radical (unpaired) electrons. The van der Waals surface area contributed by atoms with Crippen LogP contribution in [0, 0.1) is 6.92 Å². The average molecular weight is 378 g/mol. The first-order chi connectivity index (χ1) is 10.7. The maximum absolute atomic E-state index is 10.2. The zero-order valence-corrected chi connectivity index (χ0v) is 17.3. The number of carboxylic acids is 2. The molecule has 0 saturated heterocycles. The zero-order valence-electron chi connectivity index (χ0n) is 14.4. The molecule has 138 valence electrons. The number of carboxylic acid groups (broad SMARTS) is 2. The van der Waals surface area contributed by atoms with E-state index in [1.54, 1.807) is 0 Å². The smallest absolute Gasteiger partial charge is 0.481 e. The second-order valence-corrected chi connectivity index (χ2v) is 6.42. The third-order valence-corrected chi connectivity index (χ3v) is 3.87. The van der Waals surface area contributed by atoms with Gasteiger partial charge in [-0.25, -0.2) is 0 Å². The minimum absolute atomic E-state index is 0. The van der Waals surface area contributed by atoms with Crippen molar-refractivity contribution in [2.75, 3.05) is 13.2 Å². The molecule has 0 aliphatic carbocycles. The van der Waals surface area contributed by atoms with Gasteiger partial charge in [0.25, 0.3) is 10.1 Å². The van der Waals surface area contributed by atoms with Gasteiger partial charge in [0.1, 0.15) is 0 Å². The van der Waals surface area contributed by atoms with E-state index in [-0.39, 0.29) is 29.6 Å². The van der Waals surface area contributed by atoms with Gasteiger partial charge in [-0.15, -0.1) is 0 Å². The van der Waals surface area contributed by atoms with Crippen molar-refractivity contribution in [2.45, 2.75) is 57.1 Å². The van der Waals surface area contributed by atoms with Crippen LogP contribution in [-0.4, -0.2) is 53.6 Å². The second-order valence-electron chi connectivity index (χ2n) is 4.82. The van der Waals surface area contributed by atoms with E-state index in [2.05, 4.69) is 13.8 Å². The molecule has 0 fully saturated rings. The van der Waals surface area contributed by atoms with Crippen LogP contribution < -0.4 is 29.6 Å². The van der Waals surface area contributed by atoms with Crippen LogP contribution in [0.3, 0.4) is 0 Å². The number of ether oxygens (including phenoxy) is 1. The summed E-state index contributed by atoms with van der Waals surface area (Å²) >= 11 is 0. The Morgan fingerprint density at radius 2 is 1.58 bits per heavy atom. The van der Waals surface area contributed by atoms with Gasteiger partial charge in [-0.2, -0.15) is 8.42 Å². The summed E-state index contributed by atoms with van der Waals surface area (Å²) in [6.45, 7) is 7.37. The molecule has 3 N–H and O–H groups in total. The molecule has 0 bridgehead atoms. The van der Waals surface area contributed by atoms with Crippen LogP contribution in [0.4, 0.5) is 0 Å². The summed E-state index contributed by atoms with van der Waals surface area (Å²) in [4.78, 5) is 20.0. The van der Waals surface area contributed by atoms with E-state index < -0.39 is 33.7 Å². The van der Waals surface area contributed by atoms with Crippen LogP contribution in [0.1, 0.15) is 51.9 Å². The number of hydrogen-bond donors (Lipinski definition) is 3. The van der Waals surface area contributed by atoms with Crippen LogP contribution in [0.5, 0.6) is 0 Å². The van der Waals surface area contributed by atoms with Crippen LogP contribution in [0.15, 0.2) is 0 Å². The van der Waals surface area contributed by atoms with E-state index in [9.17, 15) is 18.0 Å². The molecular weight excluding hydrogens is 351 g/mol. The molecule has 0 saturated carbocycles. The molecule has 24 heavy (non-hydrogen) atoms. The summed E-state index contributed by atoms with van der Waals surface area (Å²) in [6, 6.07) is 0. The first-order valence-corrected chi connectivity index (χ1v) is 8.95. The molecule has 10 heteroatoms. The van der Waals surface area contributed by atoms with E-state index >= 15 is 0 Å². The van der Waals surface area contributed by atoms with Gasteiger partial charge in [-0.05, 0) is 6.42 Å². The van der Waals surface area contributed by atoms with E-state index in [0.717, 1.165) is 6.61 Å². The fourth-order valence-corrected chi connectivity index (χ4v) is 2.17. The van der Waals surface area contributed by atoms with Gasteiger partial charge >= 0.3 is 41.5 Å². The van der Waals surface area contributed by atoms with E-state index in [1.165, 1.54) is 38.5 Å². The number of carbonyl (C=O) groups is 2. The Bertz CT molecular complexity index is 416. The Morgan fingerprint density at radius 3 is 1.92 bits per heavy atom. The van der Waals surface area contributed by atoms with Gasteiger partial charge in [0, 0.05) is 6.61 Å². The average Bonchev–Trinajstić information content (AvgIpc) is 2.43. The molecule has 1 unspecified atom stereocenters. The van der Waals surface area contributed by atoms with E-state index in [0.29, 0.717) is 6.61 Å². The van der Waals surface area contributed by atoms with Gasteiger partial charge in [-0.1, -0.05) is 45.6 Å². The summed E-state index contributed by atoms with van der Waals surface area (Å²) in [6.07, 6.45) is 6.84. The van der Waals surface area contributed by atoms with Crippen LogP contribution in [0.2, 0.25) is 0 Å². The van der Waals surface area contributed by atoms with Crippen molar-refractivity contribution in [3.05, 3.63) is 6.92 Å². The molecule has 0 aromatic carbocycles. The van der Waals surface area contributed by atoms with Crippen molar-refractivity contribution in [1.82, 2.24) is 0 Å². The van der Waals surface area contributed by atoms with Gasteiger partial charge in [0.05, 0.1) is 6.42 Å². The van der Waals surface area contributed by atoms with Crippen molar-refractivity contribution in [3.63, 3.8) is 0 Å². The molecule has 0 amide bonds. The molecule has 0 rings (SSSR count). The Balaban J connectivity index is -0.000000354. The monoisotopic (exact) mass is 378 g/mol. The standard InChI is InChI=1S/C10H21O.C4H6O7S.Na/c1-3-5-6-7-8-9-10-11-4-2;5-3(6)1-2(4(7)8)12(9,10)11;/h2-10H2,1H3;2H,1H2,(H,5,6)(H,7,8)(H,9,10,11);/q-1;;+1. The molecule has 0 aromatic heterocycles. The second kappa shape index (κ2) is 17.6. The number of aliphatic carboxylic acids is 2. The summed E-state index contributed by atoms with van der Waals surface area (Å²) in [5.41, 5.74) is 0. The third kappa shape index (κ3) is 19.9. The molecule has 0 aliphatic heterocycles. The summed E-state index contributed by atoms with van der Waals surface area (Å²) < 4.78 is 33.8. The molecule has 1 atom stereocenters. The van der Waals surface area contributed by atoms with Gasteiger partial charge < -0.3 is 21.9 Å². The molecular formula is C14H27NaO8S. The van der Waals surface area contributed by atoms with Crippen molar-refractivity contribution >= 4 is 22.1 Å². The summed E-state index contributed by atoms with van der Waals surface area (Å²) in [5.74, 6) is -3.50. The first kappa shape index (κ1) is 28.6. The molecule has 0 spiro atoms. The van der Waals surface area contributed by atoms with Crippen LogP contribution >= 0.6 is 0 Å². The van der Waals surface area contributed by atoms with Crippen LogP contribution in [-0.2, 0) is 24.4 Å². The number of hydrogen-bond acceptors (Lipinski definition) is 5. The zero-order chi connectivity index (χ0) is 18.3. The van der Waals surface area contributed by atoms with Crippen molar-refractivity contribution in [3.8, 4) is 0 Å². The maximum atomic E-state index is 10.2. The quantitative estimate of drug-likeness (QED) is 0.170. The minimum Gasteiger partial charge on any atom is -0.481 e. The van der Waals surface area contributed by atoms with E-state index in [4.69, 9.17) is 19.5 Å². The van der Waals surface area contributed by atoms with E-state index in [1.807, 2.05) is 0 Å². The molecule has 0 aliphatic rings. The maximum Gasteiger partial charge on any atom is 1.00 e. The first-order valence-electron chi connectivity index (χ1n) is 7.44. The van der Waals surface area contributed by atoms with Gasteiger partial charge in [-0.3, -0.25) is 14.1 Å². The topological polar surface area (TPSA) is 138 Å². The SMILES string of the molecule is O=C(O)CC(C(=O)O)S(=O)(=O)O.[CH2-]COCCCCCCCC.[Na+]. The minimum atomic E-state index is -4.84.